The van der Waals surface area contributed by atoms with E-state index in [0.717, 1.165) is 4.31 Å². The van der Waals surface area contributed by atoms with Crippen LogP contribution in [-0.2, 0) is 10.0 Å². The second kappa shape index (κ2) is 5.61. The molecule has 1 atom stereocenters. The van der Waals surface area contributed by atoms with Crippen LogP contribution in [-0.4, -0.2) is 37.9 Å². The maximum atomic E-state index is 12.5. The van der Waals surface area contributed by atoms with Crippen LogP contribution in [0.4, 0.5) is 5.69 Å². The van der Waals surface area contributed by atoms with E-state index in [0.29, 0.717) is 0 Å². The van der Waals surface area contributed by atoms with E-state index >= 15 is 0 Å². The molecule has 112 valence electrons. The van der Waals surface area contributed by atoms with Gasteiger partial charge in [-0.05, 0) is 18.6 Å². The van der Waals surface area contributed by atoms with Crippen LogP contribution < -0.4 is 9.04 Å². The maximum absolute atomic E-state index is 12.5. The zero-order valence-corrected chi connectivity index (χ0v) is 12.1. The number of carbonyl (C=O) groups is 1. The first-order valence-corrected chi connectivity index (χ1v) is 7.84. The predicted octanol–water partition coefficient (Wildman–Crippen LogP) is 1.22. The minimum Gasteiger partial charge on any atom is -0.489 e. The van der Waals surface area contributed by atoms with Gasteiger partial charge < -0.3 is 9.84 Å². The number of hydrogen-bond donors (Lipinski definition) is 1. The van der Waals surface area contributed by atoms with Gasteiger partial charge in [-0.25, -0.2) is 13.2 Å². The lowest BCUT2D eigenvalue weighted by atomic mass is 10.1. The Bertz CT molecular complexity index is 708. The summed E-state index contributed by atoms with van der Waals surface area (Å²) in [6, 6.07) is 6.04. The van der Waals surface area contributed by atoms with Gasteiger partial charge in [0, 0.05) is 0 Å². The number of nitrogens with zero attached hydrogens (tertiary/aromatic N) is 2. The number of carboxylic acids is 1. The Morgan fingerprint density at radius 1 is 1.57 bits per heavy atom. The summed E-state index contributed by atoms with van der Waals surface area (Å²) in [4.78, 5) is 11.2. The van der Waals surface area contributed by atoms with Gasteiger partial charge in [-0.2, -0.15) is 5.26 Å². The number of aromatic carboxylic acids is 1. The zero-order valence-electron chi connectivity index (χ0n) is 11.3. The summed E-state index contributed by atoms with van der Waals surface area (Å²) in [5.41, 5.74) is 0.0623. The highest BCUT2D eigenvalue weighted by Crippen LogP contribution is 2.37. The van der Waals surface area contributed by atoms with Crippen molar-refractivity contribution in [2.24, 2.45) is 0 Å². The molecule has 0 radical (unpaired) electrons. The van der Waals surface area contributed by atoms with Crippen molar-refractivity contribution in [3.8, 4) is 11.8 Å². The SMILES string of the molecule is CCC(C#N)S(=O)(=O)N1CCOc2c(C(=O)O)cccc21. The number of para-hydroxylation sites is 1. The lowest BCUT2D eigenvalue weighted by Crippen LogP contribution is -2.43. The minimum absolute atomic E-state index is 0.0209. The molecule has 0 amide bonds. The second-order valence-electron chi connectivity index (χ2n) is 4.45. The first-order valence-electron chi connectivity index (χ1n) is 6.33. The zero-order chi connectivity index (χ0) is 15.6. The minimum atomic E-state index is -3.88. The van der Waals surface area contributed by atoms with Gasteiger partial charge in [0.1, 0.15) is 12.2 Å². The molecule has 0 spiro atoms. The van der Waals surface area contributed by atoms with Crippen LogP contribution in [0.2, 0.25) is 0 Å². The average Bonchev–Trinajstić information content (AvgIpc) is 2.46. The number of benzene rings is 1. The van der Waals surface area contributed by atoms with Crippen molar-refractivity contribution in [3.63, 3.8) is 0 Å². The van der Waals surface area contributed by atoms with Crippen molar-refractivity contribution < 1.29 is 23.1 Å². The molecule has 1 aliphatic rings. The van der Waals surface area contributed by atoms with Crippen LogP contribution in [0.15, 0.2) is 18.2 Å². The molecule has 0 aliphatic carbocycles. The Kier molecular flexibility index (Phi) is 4.04. The van der Waals surface area contributed by atoms with Gasteiger partial charge >= 0.3 is 5.97 Å². The third kappa shape index (κ3) is 2.52. The van der Waals surface area contributed by atoms with E-state index in [-0.39, 0.29) is 36.6 Å². The van der Waals surface area contributed by atoms with Gasteiger partial charge in [0.15, 0.2) is 11.0 Å². The smallest absolute Gasteiger partial charge is 0.339 e. The number of sulfonamides is 1. The molecule has 1 aliphatic heterocycles. The number of nitriles is 1. The van der Waals surface area contributed by atoms with Gasteiger partial charge in [0.2, 0.25) is 0 Å². The fourth-order valence-corrected chi connectivity index (χ4v) is 3.79. The van der Waals surface area contributed by atoms with Crippen molar-refractivity contribution >= 4 is 21.7 Å². The van der Waals surface area contributed by atoms with Gasteiger partial charge in [0.05, 0.1) is 18.3 Å². The van der Waals surface area contributed by atoms with Crippen molar-refractivity contribution in [1.29, 1.82) is 5.26 Å². The standard InChI is InChI=1S/C13H14N2O5S/c1-2-9(8-14)21(18,19)15-6-7-20-12-10(13(16)17)4-3-5-11(12)15/h3-5,9H,2,6-7H2,1H3,(H,16,17). The van der Waals surface area contributed by atoms with Crippen molar-refractivity contribution in [2.75, 3.05) is 17.5 Å². The predicted molar refractivity (Wildman–Crippen MR) is 74.9 cm³/mol. The number of rotatable bonds is 4. The highest BCUT2D eigenvalue weighted by Gasteiger charge is 2.36. The summed E-state index contributed by atoms with van der Waals surface area (Å²) in [7, 11) is -3.88. The summed E-state index contributed by atoms with van der Waals surface area (Å²) in [5, 5.41) is 17.0. The molecule has 0 saturated heterocycles. The van der Waals surface area contributed by atoms with E-state index in [1.165, 1.54) is 18.2 Å². The summed E-state index contributed by atoms with van der Waals surface area (Å²) in [6.45, 7) is 1.70. The summed E-state index contributed by atoms with van der Waals surface area (Å²) < 4.78 is 31.4. The molecule has 21 heavy (non-hydrogen) atoms. The molecule has 1 heterocycles. The largest absolute Gasteiger partial charge is 0.489 e. The molecule has 0 fully saturated rings. The van der Waals surface area contributed by atoms with Gasteiger partial charge in [-0.3, -0.25) is 4.31 Å². The third-order valence-corrected chi connectivity index (χ3v) is 5.37. The van der Waals surface area contributed by atoms with Crippen LogP contribution in [0.1, 0.15) is 23.7 Å². The van der Waals surface area contributed by atoms with E-state index in [1.54, 1.807) is 13.0 Å². The molecule has 0 bridgehead atoms. The molecular weight excluding hydrogens is 296 g/mol. The molecule has 1 unspecified atom stereocenters. The monoisotopic (exact) mass is 310 g/mol. The molecular formula is C13H14N2O5S. The van der Waals surface area contributed by atoms with Crippen LogP contribution in [0.3, 0.4) is 0 Å². The number of fused-ring (bicyclic) bond motifs is 1. The average molecular weight is 310 g/mol. The van der Waals surface area contributed by atoms with E-state index in [1.807, 2.05) is 0 Å². The molecule has 0 saturated carbocycles. The summed E-state index contributed by atoms with van der Waals surface area (Å²) in [5.74, 6) is -1.17. The molecule has 2 rings (SSSR count). The normalized spacial score (nSPS) is 15.5. The molecule has 1 aromatic rings. The van der Waals surface area contributed by atoms with Gasteiger partial charge in [-0.1, -0.05) is 13.0 Å². The Hall–Kier alpha value is -2.27. The molecule has 7 nitrogen and oxygen atoms in total. The Morgan fingerprint density at radius 2 is 2.29 bits per heavy atom. The van der Waals surface area contributed by atoms with Crippen LogP contribution >= 0.6 is 0 Å². The quantitative estimate of drug-likeness (QED) is 0.895. The topological polar surface area (TPSA) is 108 Å². The number of hydrogen-bond acceptors (Lipinski definition) is 5. The van der Waals surface area contributed by atoms with Crippen molar-refractivity contribution in [2.45, 2.75) is 18.6 Å². The van der Waals surface area contributed by atoms with Crippen LogP contribution in [0.5, 0.6) is 5.75 Å². The molecule has 8 heteroatoms. The van der Waals surface area contributed by atoms with Crippen molar-refractivity contribution in [3.05, 3.63) is 23.8 Å². The fourth-order valence-electron chi connectivity index (χ4n) is 2.18. The first-order chi connectivity index (χ1) is 9.93. The van der Waals surface area contributed by atoms with Gasteiger partial charge in [-0.15, -0.1) is 0 Å². The highest BCUT2D eigenvalue weighted by molar-refractivity contribution is 7.93. The maximum Gasteiger partial charge on any atom is 0.339 e. The lowest BCUT2D eigenvalue weighted by Gasteiger charge is -2.32. The number of carboxylic acid groups (broad SMARTS) is 1. The highest BCUT2D eigenvalue weighted by atomic mass is 32.2. The second-order valence-corrected chi connectivity index (χ2v) is 6.49. The number of anilines is 1. The van der Waals surface area contributed by atoms with Crippen LogP contribution in [0.25, 0.3) is 0 Å². The fraction of sp³-hybridized carbons (Fsp3) is 0.385. The van der Waals surface area contributed by atoms with E-state index in [9.17, 15) is 13.2 Å². The van der Waals surface area contributed by atoms with E-state index in [2.05, 4.69) is 0 Å². The van der Waals surface area contributed by atoms with E-state index in [4.69, 9.17) is 15.1 Å². The molecule has 1 N–H and O–H groups in total. The lowest BCUT2D eigenvalue weighted by molar-refractivity contribution is 0.0692. The Labute approximate surface area is 122 Å². The van der Waals surface area contributed by atoms with Crippen molar-refractivity contribution in [1.82, 2.24) is 0 Å². The molecule has 0 aromatic heterocycles. The Morgan fingerprint density at radius 3 is 2.86 bits per heavy atom. The van der Waals surface area contributed by atoms with E-state index < -0.39 is 21.2 Å². The van der Waals surface area contributed by atoms with Crippen LogP contribution in [0, 0.1) is 11.3 Å². The third-order valence-electron chi connectivity index (χ3n) is 3.22. The summed E-state index contributed by atoms with van der Waals surface area (Å²) >= 11 is 0. The summed E-state index contributed by atoms with van der Waals surface area (Å²) in [6.07, 6.45) is 0.157. The molecule has 1 aromatic carbocycles. The first kappa shape index (κ1) is 15.1. The van der Waals surface area contributed by atoms with Gasteiger partial charge in [0.25, 0.3) is 10.0 Å². The number of ether oxygens (including phenoxy) is 1. The Balaban J connectivity index is 2.56.